The van der Waals surface area contributed by atoms with E-state index in [1.54, 1.807) is 31.4 Å². The molecule has 1 heterocycles. The predicted octanol–water partition coefficient (Wildman–Crippen LogP) is 2.54. The van der Waals surface area contributed by atoms with Crippen LogP contribution in [0, 0.1) is 13.8 Å². The van der Waals surface area contributed by atoms with Crippen LogP contribution < -0.4 is 10.1 Å². The molecule has 4 nitrogen and oxygen atoms in total. The van der Waals surface area contributed by atoms with Gasteiger partial charge in [0.1, 0.15) is 5.75 Å². The number of carbonyl (C=O) groups excluding carboxylic acids is 1. The van der Waals surface area contributed by atoms with E-state index in [9.17, 15) is 4.79 Å². The minimum atomic E-state index is -0.0601. The second-order valence-electron chi connectivity index (χ2n) is 4.75. The first-order valence-corrected chi connectivity index (χ1v) is 6.67. The van der Waals surface area contributed by atoms with Gasteiger partial charge in [0.25, 0.3) is 5.91 Å². The van der Waals surface area contributed by atoms with Crippen LogP contribution in [-0.4, -0.2) is 24.1 Å². The zero-order valence-electron chi connectivity index (χ0n) is 12.1. The van der Waals surface area contributed by atoms with E-state index >= 15 is 0 Å². The van der Waals surface area contributed by atoms with Crippen molar-refractivity contribution in [2.45, 2.75) is 20.4 Å². The monoisotopic (exact) mass is 272 g/mol. The molecule has 0 bridgehead atoms. The Kier molecular flexibility index (Phi) is 4.45. The third kappa shape index (κ3) is 3.20. The van der Waals surface area contributed by atoms with Gasteiger partial charge in [-0.2, -0.15) is 0 Å². The highest BCUT2D eigenvalue weighted by Gasteiger charge is 2.06. The van der Waals surface area contributed by atoms with Crippen LogP contribution in [0.25, 0.3) is 0 Å². The molecule has 1 N–H and O–H groups in total. The second kappa shape index (κ2) is 6.28. The number of hydrogen-bond acceptors (Lipinski definition) is 2. The maximum Gasteiger partial charge on any atom is 0.251 e. The molecule has 4 heteroatoms. The lowest BCUT2D eigenvalue weighted by molar-refractivity contribution is 0.0952. The van der Waals surface area contributed by atoms with Gasteiger partial charge in [0, 0.05) is 30.0 Å². The fourth-order valence-corrected chi connectivity index (χ4v) is 2.18. The molecule has 1 amide bonds. The van der Waals surface area contributed by atoms with E-state index in [0.29, 0.717) is 12.1 Å². The van der Waals surface area contributed by atoms with Gasteiger partial charge in [0.2, 0.25) is 0 Å². The normalized spacial score (nSPS) is 10.3. The lowest BCUT2D eigenvalue weighted by atomic mass is 10.2. The summed E-state index contributed by atoms with van der Waals surface area (Å²) in [5, 5.41) is 2.93. The molecule has 2 aromatic rings. The van der Waals surface area contributed by atoms with Crippen LogP contribution in [0.2, 0.25) is 0 Å². The average molecular weight is 272 g/mol. The highest BCUT2D eigenvalue weighted by atomic mass is 16.5. The quantitative estimate of drug-likeness (QED) is 0.909. The fourth-order valence-electron chi connectivity index (χ4n) is 2.18. The van der Waals surface area contributed by atoms with Crippen molar-refractivity contribution >= 4 is 5.91 Å². The van der Waals surface area contributed by atoms with Crippen molar-refractivity contribution in [1.82, 2.24) is 9.88 Å². The van der Waals surface area contributed by atoms with Crippen molar-refractivity contribution in [2.75, 3.05) is 13.7 Å². The highest BCUT2D eigenvalue weighted by molar-refractivity contribution is 5.94. The molecule has 0 fully saturated rings. The number of hydrogen-bond donors (Lipinski definition) is 1. The summed E-state index contributed by atoms with van der Waals surface area (Å²) < 4.78 is 7.26. The molecule has 0 saturated heterocycles. The number of nitrogens with one attached hydrogen (secondary N) is 1. The molecule has 20 heavy (non-hydrogen) atoms. The fraction of sp³-hybridized carbons (Fsp3) is 0.312. The predicted molar refractivity (Wildman–Crippen MR) is 79.2 cm³/mol. The first-order valence-electron chi connectivity index (χ1n) is 6.67. The average Bonchev–Trinajstić information content (AvgIpc) is 2.79. The Morgan fingerprint density at radius 1 is 1.10 bits per heavy atom. The minimum absolute atomic E-state index is 0.0601. The smallest absolute Gasteiger partial charge is 0.251 e. The number of aromatic nitrogens is 1. The van der Waals surface area contributed by atoms with Gasteiger partial charge in [-0.1, -0.05) is 0 Å². The Bertz CT molecular complexity index is 566. The van der Waals surface area contributed by atoms with E-state index in [1.807, 2.05) is 0 Å². The number of aryl methyl sites for hydroxylation is 2. The minimum Gasteiger partial charge on any atom is -0.497 e. The van der Waals surface area contributed by atoms with Crippen molar-refractivity contribution in [3.8, 4) is 5.75 Å². The summed E-state index contributed by atoms with van der Waals surface area (Å²) in [6, 6.07) is 11.3. The number of rotatable bonds is 5. The Morgan fingerprint density at radius 2 is 1.70 bits per heavy atom. The Balaban J connectivity index is 1.89. The second-order valence-corrected chi connectivity index (χ2v) is 4.75. The molecule has 0 atom stereocenters. The first kappa shape index (κ1) is 14.2. The van der Waals surface area contributed by atoms with Crippen LogP contribution in [-0.2, 0) is 6.54 Å². The third-order valence-corrected chi connectivity index (χ3v) is 3.39. The van der Waals surface area contributed by atoms with Crippen LogP contribution in [0.4, 0.5) is 0 Å². The van der Waals surface area contributed by atoms with Gasteiger partial charge < -0.3 is 14.6 Å². The van der Waals surface area contributed by atoms with E-state index in [-0.39, 0.29) is 5.91 Å². The van der Waals surface area contributed by atoms with E-state index in [4.69, 9.17) is 4.74 Å². The molecule has 0 saturated carbocycles. The van der Waals surface area contributed by atoms with Gasteiger partial charge in [0.15, 0.2) is 0 Å². The zero-order valence-corrected chi connectivity index (χ0v) is 12.1. The van der Waals surface area contributed by atoms with Gasteiger partial charge in [-0.15, -0.1) is 0 Å². The number of benzene rings is 1. The van der Waals surface area contributed by atoms with Crippen molar-refractivity contribution in [2.24, 2.45) is 0 Å². The van der Waals surface area contributed by atoms with Crippen molar-refractivity contribution < 1.29 is 9.53 Å². The van der Waals surface area contributed by atoms with Crippen LogP contribution in [0.15, 0.2) is 36.4 Å². The first-order chi connectivity index (χ1) is 9.61. The largest absolute Gasteiger partial charge is 0.497 e. The molecule has 0 unspecified atom stereocenters. The summed E-state index contributed by atoms with van der Waals surface area (Å²) in [5.74, 6) is 0.690. The Morgan fingerprint density at radius 3 is 2.25 bits per heavy atom. The lowest BCUT2D eigenvalue weighted by Gasteiger charge is -2.10. The SMILES string of the molecule is COc1ccc(C(=O)NCCn2c(C)ccc2C)cc1. The highest BCUT2D eigenvalue weighted by Crippen LogP contribution is 2.11. The molecular formula is C16H20N2O2. The van der Waals surface area contributed by atoms with Gasteiger partial charge in [-0.3, -0.25) is 4.79 Å². The molecule has 1 aromatic heterocycles. The van der Waals surface area contributed by atoms with E-state index in [2.05, 4.69) is 35.9 Å². The van der Waals surface area contributed by atoms with E-state index < -0.39 is 0 Å². The van der Waals surface area contributed by atoms with Gasteiger partial charge >= 0.3 is 0 Å². The van der Waals surface area contributed by atoms with Crippen molar-refractivity contribution in [3.05, 3.63) is 53.3 Å². The molecule has 2 rings (SSSR count). The number of amides is 1. The number of nitrogens with zero attached hydrogens (tertiary/aromatic N) is 1. The van der Waals surface area contributed by atoms with Gasteiger partial charge in [0.05, 0.1) is 7.11 Å². The molecular weight excluding hydrogens is 252 g/mol. The van der Waals surface area contributed by atoms with Crippen LogP contribution in [0.1, 0.15) is 21.7 Å². The summed E-state index contributed by atoms with van der Waals surface area (Å²) in [4.78, 5) is 12.0. The molecule has 106 valence electrons. The molecule has 0 aliphatic carbocycles. The molecule has 0 aliphatic rings. The molecule has 1 aromatic carbocycles. The Hall–Kier alpha value is -2.23. The molecule has 0 aliphatic heterocycles. The Labute approximate surface area is 119 Å². The summed E-state index contributed by atoms with van der Waals surface area (Å²) in [7, 11) is 1.61. The number of ether oxygens (including phenoxy) is 1. The van der Waals surface area contributed by atoms with E-state index in [0.717, 1.165) is 12.3 Å². The van der Waals surface area contributed by atoms with Crippen LogP contribution in [0.3, 0.4) is 0 Å². The lowest BCUT2D eigenvalue weighted by Crippen LogP contribution is -2.27. The van der Waals surface area contributed by atoms with Crippen molar-refractivity contribution in [3.63, 3.8) is 0 Å². The summed E-state index contributed by atoms with van der Waals surface area (Å²) >= 11 is 0. The van der Waals surface area contributed by atoms with E-state index in [1.165, 1.54) is 11.4 Å². The van der Waals surface area contributed by atoms with Crippen LogP contribution in [0.5, 0.6) is 5.75 Å². The maximum absolute atomic E-state index is 12.0. The summed E-state index contributed by atoms with van der Waals surface area (Å²) in [5.41, 5.74) is 3.06. The molecule has 0 spiro atoms. The van der Waals surface area contributed by atoms with Crippen LogP contribution >= 0.6 is 0 Å². The summed E-state index contributed by atoms with van der Waals surface area (Å²) in [6.45, 7) is 5.53. The maximum atomic E-state index is 12.0. The zero-order chi connectivity index (χ0) is 14.5. The topological polar surface area (TPSA) is 43.3 Å². The number of methoxy groups -OCH3 is 1. The third-order valence-electron chi connectivity index (χ3n) is 3.39. The number of carbonyl (C=O) groups is 1. The van der Waals surface area contributed by atoms with Crippen molar-refractivity contribution in [1.29, 1.82) is 0 Å². The molecule has 0 radical (unpaired) electrons. The standard InChI is InChI=1S/C16H20N2O2/c1-12-4-5-13(2)18(12)11-10-17-16(19)14-6-8-15(20-3)9-7-14/h4-9H,10-11H2,1-3H3,(H,17,19). The summed E-state index contributed by atoms with van der Waals surface area (Å²) in [6.07, 6.45) is 0. The van der Waals surface area contributed by atoms with Gasteiger partial charge in [-0.25, -0.2) is 0 Å². The van der Waals surface area contributed by atoms with Gasteiger partial charge in [-0.05, 0) is 50.2 Å².